The zero-order chi connectivity index (χ0) is 14.8. The van der Waals surface area contributed by atoms with Crippen molar-refractivity contribution >= 4 is 33.4 Å². The standard InChI is InChI=1S/C19H18IN/c1-13-7-12-18(17-6-4-3-5-16(13)17)19(21-2)14-8-10-15(20)11-9-14/h3-12,19,21H,1-2H3. The molecule has 106 valence electrons. The highest BCUT2D eigenvalue weighted by molar-refractivity contribution is 14.1. The van der Waals surface area contributed by atoms with Crippen molar-refractivity contribution in [3.63, 3.8) is 0 Å². The van der Waals surface area contributed by atoms with Crippen molar-refractivity contribution in [2.45, 2.75) is 13.0 Å². The lowest BCUT2D eigenvalue weighted by atomic mass is 9.92. The van der Waals surface area contributed by atoms with Crippen LogP contribution in [-0.2, 0) is 0 Å². The highest BCUT2D eigenvalue weighted by Gasteiger charge is 2.15. The van der Waals surface area contributed by atoms with Crippen LogP contribution in [0.2, 0.25) is 0 Å². The Hall–Kier alpha value is -1.39. The Bertz CT molecular complexity index is 762. The van der Waals surface area contributed by atoms with Gasteiger partial charge in [0.1, 0.15) is 0 Å². The Kier molecular flexibility index (Phi) is 4.27. The summed E-state index contributed by atoms with van der Waals surface area (Å²) in [6, 6.07) is 22.1. The molecule has 0 saturated carbocycles. The lowest BCUT2D eigenvalue weighted by molar-refractivity contribution is 0.696. The van der Waals surface area contributed by atoms with Gasteiger partial charge in [-0.25, -0.2) is 0 Å². The number of benzene rings is 3. The summed E-state index contributed by atoms with van der Waals surface area (Å²) in [5.74, 6) is 0. The highest BCUT2D eigenvalue weighted by atomic mass is 127. The van der Waals surface area contributed by atoms with Gasteiger partial charge >= 0.3 is 0 Å². The molecule has 0 fully saturated rings. The first-order chi connectivity index (χ1) is 10.2. The van der Waals surface area contributed by atoms with E-state index in [1.807, 2.05) is 7.05 Å². The fourth-order valence-corrected chi connectivity index (χ4v) is 3.24. The monoisotopic (exact) mass is 387 g/mol. The van der Waals surface area contributed by atoms with E-state index in [1.54, 1.807) is 0 Å². The van der Waals surface area contributed by atoms with Crippen LogP contribution in [0.3, 0.4) is 0 Å². The Morgan fingerprint density at radius 1 is 0.857 bits per heavy atom. The Morgan fingerprint density at radius 3 is 2.19 bits per heavy atom. The summed E-state index contributed by atoms with van der Waals surface area (Å²) in [6.45, 7) is 2.17. The molecule has 1 atom stereocenters. The molecule has 0 aliphatic rings. The molecule has 0 radical (unpaired) electrons. The second kappa shape index (κ2) is 6.16. The summed E-state index contributed by atoms with van der Waals surface area (Å²) in [6.07, 6.45) is 0. The summed E-state index contributed by atoms with van der Waals surface area (Å²) in [4.78, 5) is 0. The normalized spacial score (nSPS) is 12.5. The largest absolute Gasteiger partial charge is 0.309 e. The van der Waals surface area contributed by atoms with E-state index in [4.69, 9.17) is 0 Å². The zero-order valence-corrected chi connectivity index (χ0v) is 14.4. The molecular formula is C19H18IN. The van der Waals surface area contributed by atoms with Gasteiger partial charge in [-0.1, -0.05) is 48.5 Å². The van der Waals surface area contributed by atoms with Crippen molar-refractivity contribution in [1.29, 1.82) is 0 Å². The van der Waals surface area contributed by atoms with Crippen molar-refractivity contribution < 1.29 is 0 Å². The average Bonchev–Trinajstić information content (AvgIpc) is 2.52. The summed E-state index contributed by atoms with van der Waals surface area (Å²) in [5.41, 5.74) is 3.96. The number of rotatable bonds is 3. The van der Waals surface area contributed by atoms with E-state index in [1.165, 1.54) is 31.0 Å². The summed E-state index contributed by atoms with van der Waals surface area (Å²) < 4.78 is 1.26. The molecule has 0 heterocycles. The van der Waals surface area contributed by atoms with Gasteiger partial charge in [0, 0.05) is 3.57 Å². The number of aryl methyl sites for hydroxylation is 1. The molecule has 3 aromatic carbocycles. The number of hydrogen-bond acceptors (Lipinski definition) is 1. The Morgan fingerprint density at radius 2 is 1.52 bits per heavy atom. The predicted octanol–water partition coefficient (Wildman–Crippen LogP) is 5.06. The maximum atomic E-state index is 3.46. The van der Waals surface area contributed by atoms with Gasteiger partial charge in [-0.15, -0.1) is 0 Å². The molecule has 0 bridgehead atoms. The third kappa shape index (κ3) is 2.83. The van der Waals surface area contributed by atoms with E-state index >= 15 is 0 Å². The van der Waals surface area contributed by atoms with E-state index in [2.05, 4.69) is 95.5 Å². The van der Waals surface area contributed by atoms with Crippen LogP contribution in [0, 0.1) is 10.5 Å². The molecule has 1 unspecified atom stereocenters. The molecule has 0 saturated heterocycles. The molecule has 2 heteroatoms. The quantitative estimate of drug-likeness (QED) is 0.620. The smallest absolute Gasteiger partial charge is 0.0580 e. The van der Waals surface area contributed by atoms with Gasteiger partial charge in [0.25, 0.3) is 0 Å². The molecule has 1 nitrogen and oxygen atoms in total. The maximum absolute atomic E-state index is 3.46. The summed E-state index contributed by atoms with van der Waals surface area (Å²) >= 11 is 2.34. The lowest BCUT2D eigenvalue weighted by Gasteiger charge is -2.20. The predicted molar refractivity (Wildman–Crippen MR) is 98.7 cm³/mol. The van der Waals surface area contributed by atoms with Crippen LogP contribution in [0.25, 0.3) is 10.8 Å². The van der Waals surface area contributed by atoms with Crippen molar-refractivity contribution in [2.75, 3.05) is 7.05 Å². The highest BCUT2D eigenvalue weighted by Crippen LogP contribution is 2.30. The molecule has 3 rings (SSSR count). The molecule has 0 aliphatic heterocycles. The minimum absolute atomic E-state index is 0.215. The molecule has 21 heavy (non-hydrogen) atoms. The van der Waals surface area contributed by atoms with Gasteiger partial charge in [0.15, 0.2) is 0 Å². The van der Waals surface area contributed by atoms with Gasteiger partial charge in [0.2, 0.25) is 0 Å². The minimum Gasteiger partial charge on any atom is -0.309 e. The van der Waals surface area contributed by atoms with E-state index < -0.39 is 0 Å². The third-order valence-corrected chi connectivity index (χ3v) is 4.70. The molecule has 3 aromatic rings. The topological polar surface area (TPSA) is 12.0 Å². The fourth-order valence-electron chi connectivity index (χ4n) is 2.88. The molecule has 0 spiro atoms. The molecule has 0 amide bonds. The molecular weight excluding hydrogens is 369 g/mol. The second-order valence-corrected chi connectivity index (χ2v) is 6.54. The van der Waals surface area contributed by atoms with E-state index in [-0.39, 0.29) is 6.04 Å². The first-order valence-corrected chi connectivity index (χ1v) is 8.19. The van der Waals surface area contributed by atoms with Crippen LogP contribution in [0.1, 0.15) is 22.7 Å². The van der Waals surface area contributed by atoms with Crippen molar-refractivity contribution in [1.82, 2.24) is 5.32 Å². The SMILES string of the molecule is CNC(c1ccc(I)cc1)c1ccc(C)c2ccccc12. The fraction of sp³-hybridized carbons (Fsp3) is 0.158. The minimum atomic E-state index is 0.215. The number of hydrogen-bond donors (Lipinski definition) is 1. The van der Waals surface area contributed by atoms with Crippen LogP contribution in [-0.4, -0.2) is 7.05 Å². The molecule has 0 aliphatic carbocycles. The second-order valence-electron chi connectivity index (χ2n) is 5.29. The van der Waals surface area contributed by atoms with Crippen molar-refractivity contribution in [3.05, 3.63) is 80.9 Å². The van der Waals surface area contributed by atoms with E-state index in [0.29, 0.717) is 0 Å². The van der Waals surface area contributed by atoms with Gasteiger partial charge in [-0.05, 0) is 76.2 Å². The Balaban J connectivity index is 2.17. The van der Waals surface area contributed by atoms with Crippen molar-refractivity contribution in [2.24, 2.45) is 0 Å². The van der Waals surface area contributed by atoms with E-state index in [0.717, 1.165) is 0 Å². The van der Waals surface area contributed by atoms with E-state index in [9.17, 15) is 0 Å². The van der Waals surface area contributed by atoms with Crippen LogP contribution >= 0.6 is 22.6 Å². The lowest BCUT2D eigenvalue weighted by Crippen LogP contribution is -2.18. The van der Waals surface area contributed by atoms with Crippen LogP contribution in [0.15, 0.2) is 60.7 Å². The number of halogens is 1. The van der Waals surface area contributed by atoms with Gasteiger partial charge < -0.3 is 5.32 Å². The first-order valence-electron chi connectivity index (χ1n) is 7.11. The molecule has 1 N–H and O–H groups in total. The molecule has 0 aromatic heterocycles. The zero-order valence-electron chi connectivity index (χ0n) is 12.2. The summed E-state index contributed by atoms with van der Waals surface area (Å²) in [7, 11) is 2.03. The number of fused-ring (bicyclic) bond motifs is 1. The van der Waals surface area contributed by atoms with Gasteiger partial charge in [-0.3, -0.25) is 0 Å². The van der Waals surface area contributed by atoms with Gasteiger partial charge in [0.05, 0.1) is 6.04 Å². The third-order valence-electron chi connectivity index (χ3n) is 3.98. The first kappa shape index (κ1) is 14.5. The van der Waals surface area contributed by atoms with Crippen LogP contribution < -0.4 is 5.32 Å². The van der Waals surface area contributed by atoms with Crippen LogP contribution in [0.4, 0.5) is 0 Å². The Labute approximate surface area is 139 Å². The maximum Gasteiger partial charge on any atom is 0.0580 e. The van der Waals surface area contributed by atoms with Crippen LogP contribution in [0.5, 0.6) is 0 Å². The summed E-state index contributed by atoms with van der Waals surface area (Å²) in [5, 5.41) is 6.13. The average molecular weight is 387 g/mol. The van der Waals surface area contributed by atoms with Crippen molar-refractivity contribution in [3.8, 4) is 0 Å². The number of nitrogens with one attached hydrogen (secondary N) is 1. The van der Waals surface area contributed by atoms with Gasteiger partial charge in [-0.2, -0.15) is 0 Å².